The number of esters is 1. The molecule has 2 aliphatic rings. The molecule has 8 nitrogen and oxygen atoms in total. The molecule has 1 saturated heterocycles. The number of carbonyl (C=O) groups excluding carboxylic acids is 4. The Kier molecular flexibility index (Phi) is 8.49. The van der Waals surface area contributed by atoms with Gasteiger partial charge in [-0.3, -0.25) is 14.5 Å². The first-order valence-corrected chi connectivity index (χ1v) is 14.7. The van der Waals surface area contributed by atoms with Crippen molar-refractivity contribution in [2.75, 3.05) is 5.75 Å². The fourth-order valence-electron chi connectivity index (χ4n) is 4.91. The Labute approximate surface area is 249 Å². The van der Waals surface area contributed by atoms with Gasteiger partial charge in [0.25, 0.3) is 5.91 Å². The van der Waals surface area contributed by atoms with Gasteiger partial charge in [-0.15, -0.1) is 11.8 Å². The first-order valence-electron chi connectivity index (χ1n) is 13.7. The second-order valence-corrected chi connectivity index (χ2v) is 12.2. The molecule has 1 N–H and O–H groups in total. The molecule has 2 amide bonds. The predicted molar refractivity (Wildman–Crippen MR) is 159 cm³/mol. The fourth-order valence-corrected chi connectivity index (χ4v) is 6.25. The fraction of sp³-hybridized carbons (Fsp3) is 0.273. The number of thioether (sulfide) groups is 1. The van der Waals surface area contributed by atoms with Crippen molar-refractivity contribution in [1.82, 2.24) is 10.2 Å². The number of ether oxygens (including phenoxy) is 2. The van der Waals surface area contributed by atoms with Gasteiger partial charge in [-0.05, 0) is 37.5 Å². The third-order valence-electron chi connectivity index (χ3n) is 6.81. The minimum absolute atomic E-state index is 0.0483. The van der Waals surface area contributed by atoms with E-state index in [2.05, 4.69) is 5.32 Å². The lowest BCUT2D eigenvalue weighted by Gasteiger charge is -2.49. The number of nitrogens with zero attached hydrogens (tertiary/aromatic N) is 1. The quantitative estimate of drug-likeness (QED) is 0.207. The van der Waals surface area contributed by atoms with Crippen molar-refractivity contribution in [3.8, 4) is 0 Å². The Morgan fingerprint density at radius 1 is 0.905 bits per heavy atom. The van der Waals surface area contributed by atoms with E-state index in [1.54, 1.807) is 45.0 Å². The molecule has 0 saturated carbocycles. The molecule has 2 heterocycles. The number of hydrogen-bond donors (Lipinski definition) is 1. The maximum absolute atomic E-state index is 14.0. The van der Waals surface area contributed by atoms with Crippen LogP contribution in [0.2, 0.25) is 0 Å². The zero-order chi connectivity index (χ0) is 29.9. The Balaban J connectivity index is 1.46. The standard InChI is InChI=1S/C33H32N2O6S/c1-33(2,3)41-32(39)34-26-29(37)35-27(24(20-42-30(26)35)19-25(36)21-13-7-4-8-14-21)31(38)40-28(22-15-9-5-10-16-22)23-17-11-6-12-18-23/h4-18,26,28,30H,19-20H2,1-3H3,(H,34,39). The van der Waals surface area contributed by atoms with Gasteiger partial charge in [-0.2, -0.15) is 0 Å². The molecular formula is C33H32N2O6S. The van der Waals surface area contributed by atoms with Gasteiger partial charge >= 0.3 is 12.1 Å². The third-order valence-corrected chi connectivity index (χ3v) is 8.15. The van der Waals surface area contributed by atoms with Crippen molar-refractivity contribution in [3.63, 3.8) is 0 Å². The van der Waals surface area contributed by atoms with E-state index in [1.807, 2.05) is 66.7 Å². The first-order chi connectivity index (χ1) is 20.1. The predicted octanol–water partition coefficient (Wildman–Crippen LogP) is 5.65. The molecule has 0 radical (unpaired) electrons. The SMILES string of the molecule is CC(C)(C)OC(=O)NC1C(=O)N2C(C(=O)OC(c3ccccc3)c3ccccc3)=C(CC(=O)c3ccccc3)CSC12. The summed E-state index contributed by atoms with van der Waals surface area (Å²) in [5.41, 5.74) is 1.85. The van der Waals surface area contributed by atoms with Crippen molar-refractivity contribution in [3.05, 3.63) is 119 Å². The number of nitrogens with one attached hydrogen (secondary N) is 1. The summed E-state index contributed by atoms with van der Waals surface area (Å²) >= 11 is 1.38. The minimum Gasteiger partial charge on any atom is -0.448 e. The molecule has 9 heteroatoms. The number of hydrogen-bond acceptors (Lipinski definition) is 7. The summed E-state index contributed by atoms with van der Waals surface area (Å²) in [6.07, 6.45) is -1.50. The Morgan fingerprint density at radius 3 is 2.00 bits per heavy atom. The highest BCUT2D eigenvalue weighted by molar-refractivity contribution is 8.00. The second kappa shape index (κ2) is 12.2. The van der Waals surface area contributed by atoms with Crippen LogP contribution < -0.4 is 5.32 Å². The molecule has 2 unspecified atom stereocenters. The summed E-state index contributed by atoms with van der Waals surface area (Å²) in [4.78, 5) is 54.5. The van der Waals surface area contributed by atoms with E-state index in [1.165, 1.54) is 16.7 Å². The lowest BCUT2D eigenvalue weighted by atomic mass is 9.98. The van der Waals surface area contributed by atoms with E-state index in [9.17, 15) is 19.2 Å². The average Bonchev–Trinajstić information content (AvgIpc) is 2.98. The monoisotopic (exact) mass is 584 g/mol. The molecule has 1 fully saturated rings. The number of ketones is 1. The van der Waals surface area contributed by atoms with Crippen LogP contribution in [0.3, 0.4) is 0 Å². The third kappa shape index (κ3) is 6.41. The van der Waals surface area contributed by atoms with Crippen LogP contribution >= 0.6 is 11.8 Å². The zero-order valence-electron chi connectivity index (χ0n) is 23.6. The van der Waals surface area contributed by atoms with Gasteiger partial charge in [0.05, 0.1) is 0 Å². The van der Waals surface area contributed by atoms with Crippen LogP contribution in [0, 0.1) is 0 Å². The van der Waals surface area contributed by atoms with Gasteiger partial charge in [-0.1, -0.05) is 91.0 Å². The van der Waals surface area contributed by atoms with Gasteiger partial charge in [0.1, 0.15) is 22.7 Å². The smallest absolute Gasteiger partial charge is 0.408 e. The molecule has 0 aliphatic carbocycles. The number of amides is 2. The molecule has 0 aromatic heterocycles. The summed E-state index contributed by atoms with van der Waals surface area (Å²) in [6.45, 7) is 5.21. The Bertz CT molecular complexity index is 1460. The van der Waals surface area contributed by atoms with Crippen LogP contribution in [0.5, 0.6) is 0 Å². The Morgan fingerprint density at radius 2 is 1.45 bits per heavy atom. The molecule has 3 aromatic carbocycles. The van der Waals surface area contributed by atoms with E-state index in [0.29, 0.717) is 16.9 Å². The van der Waals surface area contributed by atoms with Crippen LogP contribution in [0.4, 0.5) is 4.79 Å². The van der Waals surface area contributed by atoms with Crippen molar-refractivity contribution in [2.24, 2.45) is 0 Å². The zero-order valence-corrected chi connectivity index (χ0v) is 24.4. The normalized spacial score (nSPS) is 18.2. The second-order valence-electron chi connectivity index (χ2n) is 11.1. The summed E-state index contributed by atoms with van der Waals surface area (Å²) in [5.74, 6) is -1.04. The average molecular weight is 585 g/mol. The molecule has 0 spiro atoms. The number of rotatable bonds is 8. The highest BCUT2D eigenvalue weighted by atomic mass is 32.2. The summed E-state index contributed by atoms with van der Waals surface area (Å²) in [6, 6.07) is 26.6. The van der Waals surface area contributed by atoms with Crippen molar-refractivity contribution < 1.29 is 28.7 Å². The number of fused-ring (bicyclic) bond motifs is 1. The molecule has 5 rings (SSSR count). The van der Waals surface area contributed by atoms with E-state index in [-0.39, 0.29) is 17.9 Å². The van der Waals surface area contributed by atoms with Crippen LogP contribution in [0.15, 0.2) is 102 Å². The van der Waals surface area contributed by atoms with Crippen LogP contribution in [0.25, 0.3) is 0 Å². The topological polar surface area (TPSA) is 102 Å². The van der Waals surface area contributed by atoms with E-state index in [4.69, 9.17) is 9.47 Å². The van der Waals surface area contributed by atoms with Crippen molar-refractivity contribution in [2.45, 2.75) is 50.3 Å². The highest BCUT2D eigenvalue weighted by Gasteiger charge is 2.55. The molecule has 2 aliphatic heterocycles. The highest BCUT2D eigenvalue weighted by Crippen LogP contribution is 2.42. The van der Waals surface area contributed by atoms with Gasteiger partial charge in [0.15, 0.2) is 11.9 Å². The van der Waals surface area contributed by atoms with Crippen molar-refractivity contribution in [1.29, 1.82) is 0 Å². The first kappa shape index (κ1) is 29.1. The Hall–Kier alpha value is -4.37. The molecule has 216 valence electrons. The van der Waals surface area contributed by atoms with Gasteiger partial charge in [0.2, 0.25) is 0 Å². The summed E-state index contributed by atoms with van der Waals surface area (Å²) in [5, 5.41) is 2.09. The van der Waals surface area contributed by atoms with Crippen LogP contribution in [-0.2, 0) is 19.1 Å². The minimum atomic E-state index is -0.877. The summed E-state index contributed by atoms with van der Waals surface area (Å²) in [7, 11) is 0. The molecule has 0 bridgehead atoms. The molecular weight excluding hydrogens is 552 g/mol. The van der Waals surface area contributed by atoms with Gasteiger partial charge in [0, 0.05) is 17.7 Å². The number of alkyl carbamates (subject to hydrolysis) is 1. The van der Waals surface area contributed by atoms with Gasteiger partial charge in [-0.25, -0.2) is 9.59 Å². The van der Waals surface area contributed by atoms with Crippen LogP contribution in [-0.4, -0.2) is 51.4 Å². The van der Waals surface area contributed by atoms with Crippen LogP contribution in [0.1, 0.15) is 54.8 Å². The molecule has 3 aromatic rings. The summed E-state index contributed by atoms with van der Waals surface area (Å²) < 4.78 is 11.5. The lowest BCUT2D eigenvalue weighted by molar-refractivity contribution is -0.153. The maximum atomic E-state index is 14.0. The van der Waals surface area contributed by atoms with E-state index in [0.717, 1.165) is 11.1 Å². The van der Waals surface area contributed by atoms with E-state index < -0.39 is 41.1 Å². The van der Waals surface area contributed by atoms with Crippen molar-refractivity contribution >= 4 is 35.5 Å². The largest absolute Gasteiger partial charge is 0.448 e. The lowest BCUT2D eigenvalue weighted by Crippen LogP contribution is -2.70. The van der Waals surface area contributed by atoms with Gasteiger partial charge < -0.3 is 14.8 Å². The van der Waals surface area contributed by atoms with E-state index >= 15 is 0 Å². The molecule has 2 atom stereocenters. The number of carbonyl (C=O) groups is 4. The molecule has 42 heavy (non-hydrogen) atoms. The number of benzene rings is 3. The number of β-lactam (4-membered cyclic amide) rings is 1. The number of Topliss-reactive ketones (excluding diaryl/α,β-unsaturated/α-hetero) is 1. The maximum Gasteiger partial charge on any atom is 0.408 e.